The average Bonchev–Trinajstić information content (AvgIpc) is 2.61. The first-order chi connectivity index (χ1) is 11.7. The molecule has 1 saturated carbocycles. The summed E-state index contributed by atoms with van der Waals surface area (Å²) in [6, 6.07) is 6.96. The third kappa shape index (κ3) is 2.21. The van der Waals surface area contributed by atoms with Gasteiger partial charge >= 0.3 is 0 Å². The molecule has 1 heterocycles. The Bertz CT molecular complexity index is 680. The van der Waals surface area contributed by atoms with Crippen LogP contribution in [0.1, 0.15) is 50.2 Å². The topological polar surface area (TPSA) is 29.5 Å². The summed E-state index contributed by atoms with van der Waals surface area (Å²) in [5, 5.41) is 0. The van der Waals surface area contributed by atoms with E-state index in [9.17, 15) is 4.79 Å². The molecular formula is C21H27NO2. The van der Waals surface area contributed by atoms with Crippen molar-refractivity contribution < 1.29 is 9.53 Å². The van der Waals surface area contributed by atoms with Gasteiger partial charge in [-0.05, 0) is 67.9 Å². The number of piperidine rings is 1. The molecule has 1 aromatic carbocycles. The Hall–Kier alpha value is -1.77. The molecule has 3 nitrogen and oxygen atoms in total. The number of fused-ring (bicyclic) bond motifs is 1. The van der Waals surface area contributed by atoms with Gasteiger partial charge in [0.2, 0.25) is 5.91 Å². The van der Waals surface area contributed by atoms with Crippen molar-refractivity contribution in [3.05, 3.63) is 41.5 Å². The van der Waals surface area contributed by atoms with Gasteiger partial charge in [0.05, 0.1) is 7.11 Å². The number of methoxy groups -OCH3 is 1. The molecular weight excluding hydrogens is 298 g/mol. The van der Waals surface area contributed by atoms with Crippen molar-refractivity contribution in [2.75, 3.05) is 13.7 Å². The smallest absolute Gasteiger partial charge is 0.246 e. The standard InChI is InChI=1S/C21H27NO2/c1-3-6-20(23)22-12-11-21-10-5-4-7-17(21)19(22)13-15-8-9-16(24-2)14-18(15)21/h3,6,8-9,14,17,19H,4-5,7,10-13H2,1-2H3/b6-3+/t17-,19+,21+/m0/s1. The summed E-state index contributed by atoms with van der Waals surface area (Å²) in [6.07, 6.45) is 10.8. The lowest BCUT2D eigenvalue weighted by Crippen LogP contribution is -2.61. The maximum Gasteiger partial charge on any atom is 0.246 e. The van der Waals surface area contributed by atoms with Gasteiger partial charge in [-0.25, -0.2) is 0 Å². The monoisotopic (exact) mass is 325 g/mol. The number of benzene rings is 1. The van der Waals surface area contributed by atoms with Gasteiger partial charge in [-0.15, -0.1) is 0 Å². The number of allylic oxidation sites excluding steroid dienone is 1. The van der Waals surface area contributed by atoms with Gasteiger partial charge < -0.3 is 9.64 Å². The fourth-order valence-electron chi connectivity index (χ4n) is 5.62. The van der Waals surface area contributed by atoms with E-state index in [1.165, 1.54) is 36.8 Å². The Morgan fingerprint density at radius 1 is 1.33 bits per heavy atom. The zero-order valence-electron chi connectivity index (χ0n) is 14.8. The zero-order valence-corrected chi connectivity index (χ0v) is 14.8. The first-order valence-electron chi connectivity index (χ1n) is 9.30. The number of carbonyl (C=O) groups excluding carboxylic acids is 1. The van der Waals surface area contributed by atoms with Crippen molar-refractivity contribution >= 4 is 5.91 Å². The van der Waals surface area contributed by atoms with E-state index < -0.39 is 0 Å². The van der Waals surface area contributed by atoms with Crippen molar-refractivity contribution in [3.8, 4) is 5.75 Å². The van der Waals surface area contributed by atoms with Crippen molar-refractivity contribution in [2.24, 2.45) is 5.92 Å². The van der Waals surface area contributed by atoms with Crippen molar-refractivity contribution in [2.45, 2.75) is 56.9 Å². The van der Waals surface area contributed by atoms with Crippen LogP contribution in [0.3, 0.4) is 0 Å². The lowest BCUT2D eigenvalue weighted by Gasteiger charge is -2.59. The fourth-order valence-corrected chi connectivity index (χ4v) is 5.62. The van der Waals surface area contributed by atoms with Crippen LogP contribution >= 0.6 is 0 Å². The second-order valence-corrected chi connectivity index (χ2v) is 7.58. The fraction of sp³-hybridized carbons (Fsp3) is 0.571. The first-order valence-corrected chi connectivity index (χ1v) is 9.30. The molecule has 24 heavy (non-hydrogen) atoms. The summed E-state index contributed by atoms with van der Waals surface area (Å²) < 4.78 is 5.51. The van der Waals surface area contributed by atoms with Crippen LogP contribution in [-0.2, 0) is 16.6 Å². The number of hydrogen-bond donors (Lipinski definition) is 0. The van der Waals surface area contributed by atoms with Gasteiger partial charge in [0.15, 0.2) is 0 Å². The molecule has 3 aliphatic rings. The predicted octanol–water partition coefficient (Wildman–Crippen LogP) is 3.86. The average molecular weight is 325 g/mol. The van der Waals surface area contributed by atoms with E-state index in [4.69, 9.17) is 4.74 Å². The number of likely N-dealkylation sites (tertiary alicyclic amines) is 1. The van der Waals surface area contributed by atoms with Gasteiger partial charge in [0.1, 0.15) is 5.75 Å². The predicted molar refractivity (Wildman–Crippen MR) is 95.3 cm³/mol. The Balaban J connectivity index is 1.80. The summed E-state index contributed by atoms with van der Waals surface area (Å²) in [4.78, 5) is 14.8. The first kappa shape index (κ1) is 15.7. The Morgan fingerprint density at radius 2 is 2.21 bits per heavy atom. The SMILES string of the molecule is C/C=C/C(=O)N1CC[C@]23CCCC[C@H]2[C@H]1Cc1ccc(OC)cc13. The lowest BCUT2D eigenvalue weighted by molar-refractivity contribution is -0.135. The molecule has 2 fully saturated rings. The maximum absolute atomic E-state index is 12.6. The van der Waals surface area contributed by atoms with Crippen LogP contribution in [0.2, 0.25) is 0 Å². The van der Waals surface area contributed by atoms with E-state index in [-0.39, 0.29) is 11.3 Å². The van der Waals surface area contributed by atoms with Crippen LogP contribution in [0.4, 0.5) is 0 Å². The third-order valence-corrected chi connectivity index (χ3v) is 6.64. The van der Waals surface area contributed by atoms with Crippen LogP contribution in [0.25, 0.3) is 0 Å². The molecule has 1 amide bonds. The molecule has 0 spiro atoms. The largest absolute Gasteiger partial charge is 0.497 e. The minimum Gasteiger partial charge on any atom is -0.497 e. The molecule has 2 aliphatic carbocycles. The number of carbonyl (C=O) groups is 1. The van der Waals surface area contributed by atoms with E-state index in [1.54, 1.807) is 13.2 Å². The molecule has 4 rings (SSSR count). The highest BCUT2D eigenvalue weighted by molar-refractivity contribution is 5.88. The minimum absolute atomic E-state index is 0.193. The van der Waals surface area contributed by atoms with Crippen molar-refractivity contribution in [3.63, 3.8) is 0 Å². The highest BCUT2D eigenvalue weighted by Crippen LogP contribution is 2.56. The van der Waals surface area contributed by atoms with Crippen LogP contribution < -0.4 is 4.74 Å². The maximum atomic E-state index is 12.6. The van der Waals surface area contributed by atoms with Gasteiger partial charge in [-0.3, -0.25) is 4.79 Å². The molecule has 0 unspecified atom stereocenters. The van der Waals surface area contributed by atoms with E-state index in [2.05, 4.69) is 23.1 Å². The van der Waals surface area contributed by atoms with Gasteiger partial charge in [-0.1, -0.05) is 25.0 Å². The number of nitrogens with zero attached hydrogens (tertiary/aromatic N) is 1. The molecule has 3 heteroatoms. The Labute approximate surface area is 144 Å². The molecule has 3 atom stereocenters. The normalized spacial score (nSPS) is 31.5. The van der Waals surface area contributed by atoms with E-state index in [0.29, 0.717) is 12.0 Å². The van der Waals surface area contributed by atoms with Crippen LogP contribution in [0.15, 0.2) is 30.4 Å². The molecule has 1 saturated heterocycles. The van der Waals surface area contributed by atoms with Gasteiger partial charge in [-0.2, -0.15) is 0 Å². The van der Waals surface area contributed by atoms with Crippen molar-refractivity contribution in [1.29, 1.82) is 0 Å². The second-order valence-electron chi connectivity index (χ2n) is 7.58. The summed E-state index contributed by atoms with van der Waals surface area (Å²) in [5.41, 5.74) is 3.20. The van der Waals surface area contributed by atoms with E-state index in [1.807, 2.05) is 13.0 Å². The number of ether oxygens (including phenoxy) is 1. The summed E-state index contributed by atoms with van der Waals surface area (Å²) in [6.45, 7) is 2.82. The van der Waals surface area contributed by atoms with E-state index >= 15 is 0 Å². The molecule has 1 aromatic rings. The summed E-state index contributed by atoms with van der Waals surface area (Å²) in [5.74, 6) is 1.77. The zero-order chi connectivity index (χ0) is 16.7. The summed E-state index contributed by atoms with van der Waals surface area (Å²) >= 11 is 0. The van der Waals surface area contributed by atoms with Gasteiger partial charge in [0.25, 0.3) is 0 Å². The summed E-state index contributed by atoms with van der Waals surface area (Å²) in [7, 11) is 1.75. The second kappa shape index (κ2) is 5.94. The van der Waals surface area contributed by atoms with Crippen molar-refractivity contribution in [1.82, 2.24) is 4.90 Å². The number of rotatable bonds is 2. The number of amides is 1. The highest BCUT2D eigenvalue weighted by atomic mass is 16.5. The lowest BCUT2D eigenvalue weighted by atomic mass is 9.52. The Kier molecular flexibility index (Phi) is 3.90. The van der Waals surface area contributed by atoms with Gasteiger partial charge in [0, 0.05) is 18.0 Å². The molecule has 128 valence electrons. The molecule has 2 bridgehead atoms. The Morgan fingerprint density at radius 3 is 3.00 bits per heavy atom. The van der Waals surface area contributed by atoms with Crippen LogP contribution in [0, 0.1) is 5.92 Å². The molecule has 0 radical (unpaired) electrons. The molecule has 0 N–H and O–H groups in total. The highest BCUT2D eigenvalue weighted by Gasteiger charge is 2.54. The quantitative estimate of drug-likeness (QED) is 0.773. The molecule has 0 aromatic heterocycles. The van der Waals surface area contributed by atoms with Crippen LogP contribution in [-0.4, -0.2) is 30.5 Å². The van der Waals surface area contributed by atoms with Crippen LogP contribution in [0.5, 0.6) is 5.75 Å². The third-order valence-electron chi connectivity index (χ3n) is 6.64. The minimum atomic E-state index is 0.193. The number of hydrogen-bond acceptors (Lipinski definition) is 2. The molecule has 1 aliphatic heterocycles. The van der Waals surface area contributed by atoms with E-state index in [0.717, 1.165) is 25.1 Å².